The van der Waals surface area contributed by atoms with Crippen molar-refractivity contribution in [1.29, 1.82) is 0 Å². The number of ether oxygens (including phenoxy) is 2. The number of nitrogens with one attached hydrogen (secondary N) is 1. The second-order valence-corrected chi connectivity index (χ2v) is 4.79. The Kier molecular flexibility index (Phi) is 5.51. The molecule has 4 nitrogen and oxygen atoms in total. The molecule has 0 bridgehead atoms. The molecule has 0 aliphatic rings. The van der Waals surface area contributed by atoms with E-state index >= 15 is 0 Å². The second kappa shape index (κ2) is 7.58. The van der Waals surface area contributed by atoms with Gasteiger partial charge in [-0.25, -0.2) is 0 Å². The lowest BCUT2D eigenvalue weighted by molar-refractivity contribution is -0.0498. The number of alkyl halides is 2. The Morgan fingerprint density at radius 2 is 1.87 bits per heavy atom. The lowest BCUT2D eigenvalue weighted by Crippen LogP contribution is -2.13. The predicted molar refractivity (Wildman–Crippen MR) is 83.4 cm³/mol. The fourth-order valence-corrected chi connectivity index (χ4v) is 1.99. The van der Waals surface area contributed by atoms with E-state index in [0.29, 0.717) is 23.6 Å². The smallest absolute Gasteiger partial charge is 0.387 e. The monoisotopic (exact) mass is 321 g/mol. The zero-order valence-electron chi connectivity index (χ0n) is 12.8. The number of halogens is 2. The molecule has 2 rings (SSSR count). The molecule has 0 atom stereocenters. The minimum absolute atomic E-state index is 0.00175. The van der Waals surface area contributed by atoms with Gasteiger partial charge in [-0.05, 0) is 55.8 Å². The Morgan fingerprint density at radius 3 is 2.48 bits per heavy atom. The molecule has 0 unspecified atom stereocenters. The number of anilines is 1. The quantitative estimate of drug-likeness (QED) is 0.865. The maximum absolute atomic E-state index is 12.2. The number of carbonyl (C=O) groups is 1. The summed E-state index contributed by atoms with van der Waals surface area (Å²) < 4.78 is 33.9. The van der Waals surface area contributed by atoms with Gasteiger partial charge in [-0.15, -0.1) is 0 Å². The summed E-state index contributed by atoms with van der Waals surface area (Å²) in [5, 5.41) is 2.75. The van der Waals surface area contributed by atoms with E-state index in [-0.39, 0.29) is 11.7 Å². The molecular formula is C17H17F2NO3. The third kappa shape index (κ3) is 4.67. The number of amides is 1. The fraction of sp³-hybridized carbons (Fsp3) is 0.235. The molecule has 0 saturated carbocycles. The second-order valence-electron chi connectivity index (χ2n) is 4.79. The highest BCUT2D eigenvalue weighted by Crippen LogP contribution is 2.26. The maximum Gasteiger partial charge on any atom is 0.387 e. The van der Waals surface area contributed by atoms with Crippen molar-refractivity contribution in [2.75, 3.05) is 11.9 Å². The van der Waals surface area contributed by atoms with Crippen LogP contribution in [0.4, 0.5) is 14.5 Å². The molecule has 0 fully saturated rings. The van der Waals surface area contributed by atoms with Crippen molar-refractivity contribution in [3.05, 3.63) is 53.6 Å². The highest BCUT2D eigenvalue weighted by atomic mass is 19.3. The van der Waals surface area contributed by atoms with Crippen molar-refractivity contribution >= 4 is 11.6 Å². The molecule has 2 aromatic carbocycles. The fourth-order valence-electron chi connectivity index (χ4n) is 1.99. The Balaban J connectivity index is 2.12. The normalized spacial score (nSPS) is 10.5. The van der Waals surface area contributed by atoms with Crippen molar-refractivity contribution in [1.82, 2.24) is 0 Å². The average molecular weight is 321 g/mol. The summed E-state index contributed by atoms with van der Waals surface area (Å²) in [6.07, 6.45) is 0. The number of hydrogen-bond acceptors (Lipinski definition) is 3. The maximum atomic E-state index is 12.2. The van der Waals surface area contributed by atoms with E-state index in [0.717, 1.165) is 5.56 Å². The van der Waals surface area contributed by atoms with Gasteiger partial charge in [-0.2, -0.15) is 8.78 Å². The molecule has 0 spiro atoms. The SMILES string of the molecule is CCOc1cc(C)ccc1NC(=O)c1ccc(OC(F)F)cc1. The van der Waals surface area contributed by atoms with Gasteiger partial charge in [-0.1, -0.05) is 6.07 Å². The van der Waals surface area contributed by atoms with Crippen LogP contribution in [0.25, 0.3) is 0 Å². The molecule has 23 heavy (non-hydrogen) atoms. The molecule has 2 aromatic rings. The van der Waals surface area contributed by atoms with E-state index < -0.39 is 6.61 Å². The first-order valence-electron chi connectivity index (χ1n) is 7.09. The molecule has 1 N–H and O–H groups in total. The minimum atomic E-state index is -2.89. The number of rotatable bonds is 6. The molecule has 6 heteroatoms. The van der Waals surface area contributed by atoms with Crippen LogP contribution in [-0.2, 0) is 0 Å². The molecule has 0 radical (unpaired) electrons. The van der Waals surface area contributed by atoms with Crippen molar-refractivity contribution in [2.45, 2.75) is 20.5 Å². The summed E-state index contributed by atoms with van der Waals surface area (Å²) in [7, 11) is 0. The van der Waals surface area contributed by atoms with E-state index in [9.17, 15) is 13.6 Å². The Hall–Kier alpha value is -2.63. The topological polar surface area (TPSA) is 47.6 Å². The van der Waals surface area contributed by atoms with Crippen LogP contribution in [0.3, 0.4) is 0 Å². The van der Waals surface area contributed by atoms with Gasteiger partial charge >= 0.3 is 6.61 Å². The first-order valence-corrected chi connectivity index (χ1v) is 7.09. The zero-order valence-corrected chi connectivity index (χ0v) is 12.8. The van der Waals surface area contributed by atoms with Gasteiger partial charge in [0.25, 0.3) is 5.91 Å². The van der Waals surface area contributed by atoms with Crippen molar-refractivity contribution in [3.63, 3.8) is 0 Å². The van der Waals surface area contributed by atoms with Crippen molar-refractivity contribution in [2.24, 2.45) is 0 Å². The summed E-state index contributed by atoms with van der Waals surface area (Å²) in [5.41, 5.74) is 1.89. The summed E-state index contributed by atoms with van der Waals surface area (Å²) in [5.74, 6) is 0.221. The average Bonchev–Trinajstić information content (AvgIpc) is 2.50. The van der Waals surface area contributed by atoms with Crippen molar-refractivity contribution < 1.29 is 23.0 Å². The minimum Gasteiger partial charge on any atom is -0.492 e. The van der Waals surface area contributed by atoms with Crippen LogP contribution >= 0.6 is 0 Å². The zero-order chi connectivity index (χ0) is 16.8. The molecule has 0 aromatic heterocycles. The van der Waals surface area contributed by atoms with Crippen LogP contribution in [0.15, 0.2) is 42.5 Å². The van der Waals surface area contributed by atoms with E-state index in [4.69, 9.17) is 4.74 Å². The molecule has 0 saturated heterocycles. The van der Waals surface area contributed by atoms with E-state index in [1.165, 1.54) is 24.3 Å². The third-order valence-corrected chi connectivity index (χ3v) is 3.03. The lowest BCUT2D eigenvalue weighted by atomic mass is 10.1. The highest BCUT2D eigenvalue weighted by Gasteiger charge is 2.11. The van der Waals surface area contributed by atoms with Gasteiger partial charge in [0.15, 0.2) is 0 Å². The summed E-state index contributed by atoms with van der Waals surface area (Å²) in [6.45, 7) is 1.37. The standard InChI is InChI=1S/C17H17F2NO3/c1-3-22-15-10-11(2)4-9-14(15)20-16(21)12-5-7-13(8-6-12)23-17(18)19/h4-10,17H,3H2,1-2H3,(H,20,21). The van der Waals surface area contributed by atoms with Crippen LogP contribution in [0.2, 0.25) is 0 Å². The Bertz CT molecular complexity index is 672. The summed E-state index contributed by atoms with van der Waals surface area (Å²) in [6, 6.07) is 10.9. The predicted octanol–water partition coefficient (Wildman–Crippen LogP) is 4.25. The van der Waals surface area contributed by atoms with Gasteiger partial charge in [0, 0.05) is 5.56 Å². The van der Waals surface area contributed by atoms with Gasteiger partial charge in [0.05, 0.1) is 12.3 Å². The summed E-state index contributed by atoms with van der Waals surface area (Å²) in [4.78, 5) is 12.2. The van der Waals surface area contributed by atoms with Gasteiger partial charge in [0.1, 0.15) is 11.5 Å². The first-order chi connectivity index (χ1) is 11.0. The van der Waals surface area contributed by atoms with Gasteiger partial charge < -0.3 is 14.8 Å². The number of carbonyl (C=O) groups excluding carboxylic acids is 1. The highest BCUT2D eigenvalue weighted by molar-refractivity contribution is 6.05. The molecule has 0 aliphatic carbocycles. The largest absolute Gasteiger partial charge is 0.492 e. The Labute approximate surface area is 133 Å². The third-order valence-electron chi connectivity index (χ3n) is 3.03. The van der Waals surface area contributed by atoms with Gasteiger partial charge in [-0.3, -0.25) is 4.79 Å². The van der Waals surface area contributed by atoms with Crippen LogP contribution in [-0.4, -0.2) is 19.1 Å². The van der Waals surface area contributed by atoms with Crippen molar-refractivity contribution in [3.8, 4) is 11.5 Å². The van der Waals surface area contributed by atoms with Crippen LogP contribution < -0.4 is 14.8 Å². The van der Waals surface area contributed by atoms with Crippen LogP contribution in [0, 0.1) is 6.92 Å². The van der Waals surface area contributed by atoms with E-state index in [1.807, 2.05) is 26.0 Å². The molecule has 122 valence electrons. The number of benzene rings is 2. The number of hydrogen-bond donors (Lipinski definition) is 1. The molecule has 0 heterocycles. The molecule has 0 aliphatic heterocycles. The molecule has 1 amide bonds. The summed E-state index contributed by atoms with van der Waals surface area (Å²) >= 11 is 0. The Morgan fingerprint density at radius 1 is 1.17 bits per heavy atom. The number of aryl methyl sites for hydroxylation is 1. The molecular weight excluding hydrogens is 304 g/mol. The first kappa shape index (κ1) is 16.7. The lowest BCUT2D eigenvalue weighted by Gasteiger charge is -2.12. The van der Waals surface area contributed by atoms with Crippen LogP contribution in [0.5, 0.6) is 11.5 Å². The van der Waals surface area contributed by atoms with Gasteiger partial charge in [0.2, 0.25) is 0 Å². The van der Waals surface area contributed by atoms with E-state index in [2.05, 4.69) is 10.1 Å². The van der Waals surface area contributed by atoms with E-state index in [1.54, 1.807) is 6.07 Å². The van der Waals surface area contributed by atoms with Crippen LogP contribution in [0.1, 0.15) is 22.8 Å².